The van der Waals surface area contributed by atoms with E-state index in [1.165, 1.54) is 13.0 Å². The lowest BCUT2D eigenvalue weighted by atomic mass is 9.89. The number of carboxylic acid groups (broad SMARTS) is 1. The number of nitrogens with two attached hydrogens (primary N) is 1. The summed E-state index contributed by atoms with van der Waals surface area (Å²) in [5, 5.41) is 31.2. The second-order valence-electron chi connectivity index (χ2n) is 6.30. The van der Waals surface area contributed by atoms with Gasteiger partial charge in [0.15, 0.2) is 5.78 Å². The molecule has 7 N–H and O–H groups in total. The number of Topliss-reactive ketones (excluding diaryl/α,β-unsaturated/α-hetero) is 1. The number of carbonyl (C=O) groups excluding carboxylic acids is 2. The van der Waals surface area contributed by atoms with E-state index in [0.717, 1.165) is 0 Å². The summed E-state index contributed by atoms with van der Waals surface area (Å²) in [5.74, 6) is -3.72. The van der Waals surface area contributed by atoms with Gasteiger partial charge in [0.05, 0.1) is 12.5 Å². The summed E-state index contributed by atoms with van der Waals surface area (Å²) in [4.78, 5) is 43.7. The third-order valence-corrected chi connectivity index (χ3v) is 5.45. The third-order valence-electron chi connectivity index (χ3n) is 4.23. The van der Waals surface area contributed by atoms with Crippen LogP contribution in [0.25, 0.3) is 0 Å². The molecule has 2 rings (SSSR count). The van der Waals surface area contributed by atoms with Gasteiger partial charge in [-0.05, 0) is 6.92 Å². The molecule has 2 aliphatic heterocycles. The van der Waals surface area contributed by atoms with Gasteiger partial charge in [0.1, 0.15) is 36.7 Å². The monoisotopic (exact) mass is 408 g/mol. The average molecular weight is 408 g/mol. The number of carbonyl (C=O) groups is 3. The van der Waals surface area contributed by atoms with E-state index in [4.69, 9.17) is 15.6 Å². The molecule has 0 spiro atoms. The van der Waals surface area contributed by atoms with Crippen molar-refractivity contribution in [1.82, 2.24) is 5.32 Å². The first kappa shape index (κ1) is 21.6. The fourth-order valence-corrected chi connectivity index (χ4v) is 3.71. The molecule has 27 heavy (non-hydrogen) atoms. The van der Waals surface area contributed by atoms with Gasteiger partial charge < -0.3 is 40.5 Å². The smallest absolute Gasteiger partial charge is 0.339 e. The molecule has 0 saturated carbocycles. The highest BCUT2D eigenvalue weighted by Crippen LogP contribution is 2.42. The number of carboxylic acids is 1. The van der Waals surface area contributed by atoms with Gasteiger partial charge in [-0.15, -0.1) is 0 Å². The van der Waals surface area contributed by atoms with Crippen molar-refractivity contribution in [2.24, 2.45) is 11.7 Å². The van der Waals surface area contributed by atoms with Crippen LogP contribution in [0.4, 0.5) is 0 Å². The van der Waals surface area contributed by atoms with Crippen LogP contribution in [0, 0.1) is 5.92 Å². The Morgan fingerprint density at radius 3 is 2.56 bits per heavy atom. The molecule has 3 unspecified atom stereocenters. The summed E-state index contributed by atoms with van der Waals surface area (Å²) in [6.45, 7) is 0.561. The van der Waals surface area contributed by atoms with Crippen LogP contribution in [0.3, 0.4) is 0 Å². The summed E-state index contributed by atoms with van der Waals surface area (Å²) in [7, 11) is -4.47. The zero-order valence-corrected chi connectivity index (χ0v) is 15.1. The number of rotatable bonds is 7. The highest BCUT2D eigenvalue weighted by Gasteiger charge is 2.49. The predicted octanol–water partition coefficient (Wildman–Crippen LogP) is -2.69. The van der Waals surface area contributed by atoms with E-state index in [0.29, 0.717) is 0 Å². The number of aliphatic hydroxyl groups excluding tert-OH is 2. The van der Waals surface area contributed by atoms with Crippen molar-refractivity contribution in [2.75, 3.05) is 12.8 Å². The van der Waals surface area contributed by atoms with E-state index in [1.807, 2.05) is 0 Å². The van der Waals surface area contributed by atoms with E-state index < -0.39 is 74.5 Å². The molecule has 1 amide bonds. The molecular weight excluding hydrogens is 387 g/mol. The lowest BCUT2D eigenvalue weighted by Gasteiger charge is -2.30. The molecule has 0 aromatic rings. The van der Waals surface area contributed by atoms with Crippen LogP contribution in [0.15, 0.2) is 11.6 Å². The molecule has 0 aliphatic carbocycles. The minimum Gasteiger partial charge on any atom is -0.481 e. The standard InChI is InChI=1S/C14H21N2O10P/c1-5(17)6-2-7(14(22)16-13(6)15)12-11(21)10(20)8(26-12)3-25-27(23,24)4-9(18)19/h2,7-8,10-13,20-21H,3-4,15H2,1H3,(H,16,22)(H,18,19)(H,23,24)/t7?,8-,10-,11+,12-,13?/m1/s1. The molecular formula is C14H21N2O10P. The number of hydrogen-bond acceptors (Lipinski definition) is 9. The summed E-state index contributed by atoms with van der Waals surface area (Å²) in [6.07, 6.45) is -6.61. The van der Waals surface area contributed by atoms with Crippen molar-refractivity contribution < 1.29 is 48.4 Å². The molecule has 13 heteroatoms. The first-order valence-electron chi connectivity index (χ1n) is 7.91. The van der Waals surface area contributed by atoms with Crippen molar-refractivity contribution in [3.8, 4) is 0 Å². The molecule has 0 aromatic heterocycles. The highest BCUT2D eigenvalue weighted by molar-refractivity contribution is 7.53. The zero-order valence-electron chi connectivity index (χ0n) is 14.2. The van der Waals surface area contributed by atoms with E-state index in [1.54, 1.807) is 0 Å². The van der Waals surface area contributed by atoms with Gasteiger partial charge in [-0.25, -0.2) is 0 Å². The number of amides is 1. The van der Waals surface area contributed by atoms with Crippen molar-refractivity contribution in [3.05, 3.63) is 11.6 Å². The quantitative estimate of drug-likeness (QED) is 0.239. The predicted molar refractivity (Wildman–Crippen MR) is 87.3 cm³/mol. The Morgan fingerprint density at radius 1 is 1.37 bits per heavy atom. The van der Waals surface area contributed by atoms with Crippen molar-refractivity contribution in [2.45, 2.75) is 37.5 Å². The molecule has 0 bridgehead atoms. The number of ketones is 1. The van der Waals surface area contributed by atoms with Crippen LogP contribution in [0.2, 0.25) is 0 Å². The fourth-order valence-electron chi connectivity index (χ4n) is 2.90. The molecule has 12 nitrogen and oxygen atoms in total. The van der Waals surface area contributed by atoms with Gasteiger partial charge in [0.25, 0.3) is 0 Å². The van der Waals surface area contributed by atoms with Gasteiger partial charge in [-0.1, -0.05) is 6.08 Å². The molecule has 0 aromatic carbocycles. The number of aliphatic hydroxyl groups is 2. The Hall–Kier alpha value is -1.66. The molecule has 7 atom stereocenters. The van der Waals surface area contributed by atoms with Crippen molar-refractivity contribution in [1.29, 1.82) is 0 Å². The molecule has 152 valence electrons. The zero-order chi connectivity index (χ0) is 20.5. The largest absolute Gasteiger partial charge is 0.481 e. The lowest BCUT2D eigenvalue weighted by molar-refractivity contribution is -0.135. The first-order valence-corrected chi connectivity index (χ1v) is 9.67. The Kier molecular flexibility index (Phi) is 6.53. The number of ether oxygens (including phenoxy) is 1. The van der Waals surface area contributed by atoms with E-state index in [2.05, 4.69) is 9.84 Å². The maximum absolute atomic E-state index is 12.2. The van der Waals surface area contributed by atoms with Crippen LogP contribution >= 0.6 is 7.60 Å². The topological polar surface area (TPSA) is 206 Å². The number of aliphatic carboxylic acids is 1. The molecule has 2 heterocycles. The van der Waals surface area contributed by atoms with Crippen molar-refractivity contribution in [3.63, 3.8) is 0 Å². The Morgan fingerprint density at radius 2 is 2.00 bits per heavy atom. The minimum atomic E-state index is -4.47. The summed E-state index contributed by atoms with van der Waals surface area (Å²) < 4.78 is 21.6. The van der Waals surface area contributed by atoms with Crippen LogP contribution in [-0.4, -0.2) is 81.2 Å². The Labute approximate surface area is 153 Å². The highest BCUT2D eigenvalue weighted by atomic mass is 31.2. The average Bonchev–Trinajstić information content (AvgIpc) is 2.80. The fraction of sp³-hybridized carbons (Fsp3) is 0.643. The first-order chi connectivity index (χ1) is 12.4. The van der Waals surface area contributed by atoms with Crippen molar-refractivity contribution >= 4 is 25.3 Å². The van der Waals surface area contributed by atoms with Crippen LogP contribution in [0.1, 0.15) is 6.92 Å². The minimum absolute atomic E-state index is 0.103. The molecule has 1 fully saturated rings. The maximum atomic E-state index is 12.2. The Balaban J connectivity index is 2.12. The summed E-state index contributed by atoms with van der Waals surface area (Å²) in [5.41, 5.74) is 5.76. The molecule has 2 aliphatic rings. The summed E-state index contributed by atoms with van der Waals surface area (Å²) >= 11 is 0. The second kappa shape index (κ2) is 8.15. The second-order valence-corrected chi connectivity index (χ2v) is 8.14. The summed E-state index contributed by atoms with van der Waals surface area (Å²) in [6, 6.07) is 0. The van der Waals surface area contributed by atoms with Gasteiger partial charge in [-0.3, -0.25) is 18.9 Å². The van der Waals surface area contributed by atoms with E-state index >= 15 is 0 Å². The maximum Gasteiger partial charge on any atom is 0.339 e. The van der Waals surface area contributed by atoms with Gasteiger partial charge in [0.2, 0.25) is 5.91 Å². The van der Waals surface area contributed by atoms with E-state index in [-0.39, 0.29) is 5.57 Å². The third kappa shape index (κ3) is 4.99. The molecule has 1 saturated heterocycles. The van der Waals surface area contributed by atoms with Crippen LogP contribution in [0.5, 0.6) is 0 Å². The van der Waals surface area contributed by atoms with Gasteiger partial charge in [0, 0.05) is 5.57 Å². The van der Waals surface area contributed by atoms with Gasteiger partial charge in [-0.2, -0.15) is 0 Å². The SMILES string of the molecule is CC(=O)C1=CC([C@H]2O[C@H](COP(=O)(O)CC(=O)O)[C@@H](O)[C@@H]2O)C(=O)NC1N. The van der Waals surface area contributed by atoms with Crippen LogP contribution < -0.4 is 11.1 Å². The van der Waals surface area contributed by atoms with E-state index in [9.17, 15) is 34.1 Å². The van der Waals surface area contributed by atoms with Crippen LogP contribution in [-0.2, 0) is 28.2 Å². The number of nitrogens with one attached hydrogen (secondary N) is 1. The normalized spacial score (nSPS) is 35.9. The van der Waals surface area contributed by atoms with Gasteiger partial charge >= 0.3 is 13.6 Å². The Bertz CT molecular complexity index is 710. The number of hydrogen-bond donors (Lipinski definition) is 6. The lowest BCUT2D eigenvalue weighted by Crippen LogP contribution is -2.54. The molecule has 0 radical (unpaired) electrons.